The van der Waals surface area contributed by atoms with Crippen molar-refractivity contribution in [2.24, 2.45) is 7.05 Å². The number of aliphatic hydroxyl groups excluding tert-OH is 1. The Balaban J connectivity index is 1.99. The molecule has 0 amide bonds. The zero-order chi connectivity index (χ0) is 12.3. The van der Waals surface area contributed by atoms with Crippen LogP contribution in [0.3, 0.4) is 0 Å². The van der Waals surface area contributed by atoms with Gasteiger partial charge in [0.25, 0.3) is 0 Å². The van der Waals surface area contributed by atoms with Crippen molar-refractivity contribution in [3.05, 3.63) is 18.0 Å². The summed E-state index contributed by atoms with van der Waals surface area (Å²) in [6.07, 6.45) is 9.19. The highest BCUT2D eigenvalue weighted by Gasteiger charge is 2.25. The number of aromatic nitrogens is 2. The summed E-state index contributed by atoms with van der Waals surface area (Å²) in [5.74, 6) is 0. The second kappa shape index (κ2) is 5.65. The molecule has 4 nitrogen and oxygen atoms in total. The fourth-order valence-corrected chi connectivity index (χ4v) is 2.63. The summed E-state index contributed by atoms with van der Waals surface area (Å²) in [5.41, 5.74) is 1.22. The Morgan fingerprint density at radius 2 is 2.29 bits per heavy atom. The summed E-state index contributed by atoms with van der Waals surface area (Å²) in [7, 11) is 1.94. The van der Waals surface area contributed by atoms with Gasteiger partial charge in [0, 0.05) is 30.9 Å². The molecule has 2 N–H and O–H groups in total. The lowest BCUT2D eigenvalue weighted by molar-refractivity contribution is 0.0844. The Kier molecular flexibility index (Phi) is 4.18. The van der Waals surface area contributed by atoms with E-state index in [0.29, 0.717) is 6.04 Å². The van der Waals surface area contributed by atoms with Crippen LogP contribution < -0.4 is 5.32 Å². The van der Waals surface area contributed by atoms with Crippen LogP contribution in [-0.4, -0.2) is 27.0 Å². The zero-order valence-corrected chi connectivity index (χ0v) is 10.8. The molecular weight excluding hydrogens is 214 g/mol. The van der Waals surface area contributed by atoms with E-state index in [0.717, 1.165) is 25.7 Å². The highest BCUT2D eigenvalue weighted by molar-refractivity contribution is 5.10. The van der Waals surface area contributed by atoms with Crippen molar-refractivity contribution < 1.29 is 5.11 Å². The molecule has 1 aromatic heterocycles. The summed E-state index contributed by atoms with van der Waals surface area (Å²) in [5, 5.41) is 17.8. The van der Waals surface area contributed by atoms with E-state index >= 15 is 0 Å². The lowest BCUT2D eigenvalue weighted by atomic mass is 9.91. The molecule has 3 unspecified atom stereocenters. The normalized spacial score (nSPS) is 27.0. The Labute approximate surface area is 103 Å². The van der Waals surface area contributed by atoms with Crippen LogP contribution in [0.2, 0.25) is 0 Å². The Morgan fingerprint density at radius 1 is 1.53 bits per heavy atom. The van der Waals surface area contributed by atoms with E-state index < -0.39 is 0 Å². The average molecular weight is 237 g/mol. The van der Waals surface area contributed by atoms with Gasteiger partial charge in [0.05, 0.1) is 12.3 Å². The molecule has 0 radical (unpaired) electrons. The van der Waals surface area contributed by atoms with Gasteiger partial charge in [0.2, 0.25) is 0 Å². The van der Waals surface area contributed by atoms with Gasteiger partial charge in [-0.1, -0.05) is 19.8 Å². The van der Waals surface area contributed by atoms with E-state index in [2.05, 4.69) is 23.5 Å². The van der Waals surface area contributed by atoms with Crippen molar-refractivity contribution in [2.75, 3.05) is 0 Å². The van der Waals surface area contributed by atoms with Crippen LogP contribution in [0.25, 0.3) is 0 Å². The zero-order valence-electron chi connectivity index (χ0n) is 10.8. The molecule has 1 aliphatic rings. The highest BCUT2D eigenvalue weighted by Crippen LogP contribution is 2.23. The molecule has 1 aliphatic carbocycles. The second-order valence-corrected chi connectivity index (χ2v) is 5.03. The van der Waals surface area contributed by atoms with Crippen molar-refractivity contribution in [3.63, 3.8) is 0 Å². The molecule has 0 aliphatic heterocycles. The van der Waals surface area contributed by atoms with Crippen LogP contribution in [0.5, 0.6) is 0 Å². The number of aryl methyl sites for hydroxylation is 1. The summed E-state index contributed by atoms with van der Waals surface area (Å²) in [6, 6.07) is 0.551. The first-order valence-corrected chi connectivity index (χ1v) is 6.63. The van der Waals surface area contributed by atoms with Crippen molar-refractivity contribution in [1.29, 1.82) is 0 Å². The number of hydrogen-bond donors (Lipinski definition) is 2. The molecule has 0 aromatic carbocycles. The van der Waals surface area contributed by atoms with Crippen LogP contribution in [0, 0.1) is 0 Å². The van der Waals surface area contributed by atoms with Crippen molar-refractivity contribution in [3.8, 4) is 0 Å². The van der Waals surface area contributed by atoms with Gasteiger partial charge in [-0.3, -0.25) is 4.68 Å². The maximum absolute atomic E-state index is 9.98. The lowest BCUT2D eigenvalue weighted by Crippen LogP contribution is -2.43. The molecule has 2 rings (SSSR count). The van der Waals surface area contributed by atoms with E-state index in [-0.39, 0.29) is 12.1 Å². The fraction of sp³-hybridized carbons (Fsp3) is 0.769. The maximum Gasteiger partial charge on any atom is 0.0693 e. The fourth-order valence-electron chi connectivity index (χ4n) is 2.63. The van der Waals surface area contributed by atoms with E-state index in [1.54, 1.807) is 0 Å². The molecule has 4 heteroatoms. The van der Waals surface area contributed by atoms with Crippen LogP contribution in [-0.2, 0) is 7.05 Å². The molecule has 0 spiro atoms. The first-order chi connectivity index (χ1) is 8.20. The largest absolute Gasteiger partial charge is 0.392 e. The van der Waals surface area contributed by atoms with E-state index in [4.69, 9.17) is 0 Å². The van der Waals surface area contributed by atoms with Gasteiger partial charge in [0.1, 0.15) is 0 Å². The maximum atomic E-state index is 9.98. The van der Waals surface area contributed by atoms with Gasteiger partial charge in [-0.05, 0) is 19.3 Å². The van der Waals surface area contributed by atoms with Crippen LogP contribution >= 0.6 is 0 Å². The molecule has 96 valence electrons. The molecule has 0 saturated heterocycles. The molecule has 3 atom stereocenters. The minimum absolute atomic E-state index is 0.186. The smallest absolute Gasteiger partial charge is 0.0693 e. The molecule has 0 bridgehead atoms. The number of nitrogens with zero attached hydrogens (tertiary/aromatic N) is 2. The third-order valence-corrected chi connectivity index (χ3v) is 3.68. The van der Waals surface area contributed by atoms with Crippen molar-refractivity contribution in [1.82, 2.24) is 15.1 Å². The molecular formula is C13H23N3O. The van der Waals surface area contributed by atoms with Gasteiger partial charge >= 0.3 is 0 Å². The van der Waals surface area contributed by atoms with Gasteiger partial charge in [0.15, 0.2) is 0 Å². The second-order valence-electron chi connectivity index (χ2n) is 5.03. The monoisotopic (exact) mass is 237 g/mol. The van der Waals surface area contributed by atoms with Crippen LogP contribution in [0.1, 0.15) is 50.6 Å². The van der Waals surface area contributed by atoms with E-state index in [9.17, 15) is 5.11 Å². The van der Waals surface area contributed by atoms with Gasteiger partial charge in [-0.25, -0.2) is 0 Å². The van der Waals surface area contributed by atoms with E-state index in [1.165, 1.54) is 12.0 Å². The SMILES string of the molecule is CCC(NC1CCCCC1O)c1cnn(C)c1. The van der Waals surface area contributed by atoms with Gasteiger partial charge in [-0.2, -0.15) is 5.10 Å². The summed E-state index contributed by atoms with van der Waals surface area (Å²) >= 11 is 0. The first-order valence-electron chi connectivity index (χ1n) is 6.63. The van der Waals surface area contributed by atoms with Crippen molar-refractivity contribution in [2.45, 2.75) is 57.2 Å². The average Bonchev–Trinajstić information content (AvgIpc) is 2.75. The van der Waals surface area contributed by atoms with E-state index in [1.807, 2.05) is 17.9 Å². The Morgan fingerprint density at radius 3 is 2.88 bits per heavy atom. The summed E-state index contributed by atoms with van der Waals surface area (Å²) in [4.78, 5) is 0. The van der Waals surface area contributed by atoms with Crippen molar-refractivity contribution >= 4 is 0 Å². The quantitative estimate of drug-likeness (QED) is 0.839. The predicted octanol–water partition coefficient (Wildman–Crippen LogP) is 1.76. The van der Waals surface area contributed by atoms with Crippen LogP contribution in [0.15, 0.2) is 12.4 Å². The van der Waals surface area contributed by atoms with Gasteiger partial charge < -0.3 is 10.4 Å². The minimum Gasteiger partial charge on any atom is -0.392 e. The number of nitrogens with one attached hydrogen (secondary N) is 1. The third kappa shape index (κ3) is 3.07. The summed E-state index contributed by atoms with van der Waals surface area (Å²) < 4.78 is 1.83. The Hall–Kier alpha value is -0.870. The summed E-state index contributed by atoms with van der Waals surface area (Å²) in [6.45, 7) is 2.17. The van der Waals surface area contributed by atoms with Gasteiger partial charge in [-0.15, -0.1) is 0 Å². The lowest BCUT2D eigenvalue weighted by Gasteiger charge is -2.31. The molecule has 1 heterocycles. The number of rotatable bonds is 4. The predicted molar refractivity (Wildman–Crippen MR) is 67.6 cm³/mol. The molecule has 1 fully saturated rings. The number of hydrogen-bond acceptors (Lipinski definition) is 3. The number of aliphatic hydroxyl groups is 1. The molecule has 1 aromatic rings. The van der Waals surface area contributed by atoms with Crippen LogP contribution in [0.4, 0.5) is 0 Å². The topological polar surface area (TPSA) is 50.1 Å². The first kappa shape index (κ1) is 12.6. The molecule has 1 saturated carbocycles. The highest BCUT2D eigenvalue weighted by atomic mass is 16.3. The Bertz CT molecular complexity index is 350. The standard InChI is InChI=1S/C13H23N3O/c1-3-11(10-8-14-16(2)9-10)15-12-6-4-5-7-13(12)17/h8-9,11-13,15,17H,3-7H2,1-2H3. The molecule has 17 heavy (non-hydrogen) atoms. The third-order valence-electron chi connectivity index (χ3n) is 3.68. The minimum atomic E-state index is -0.186.